The summed E-state index contributed by atoms with van der Waals surface area (Å²) in [5.74, 6) is -0.704. The van der Waals surface area contributed by atoms with E-state index in [1.54, 1.807) is 33.8 Å². The number of anilines is 2. The molecule has 3 aromatic rings. The standard InChI is InChI=1S/C26H28N6O2.C2H6/c1-26(2,3)17-28-15-18-7-9-21(10-8-18)31-11-12-32-23(25(31)34)22(16-29-32)24(33)30-20-6-4-5-19(13-20)14-27;1-2/h4-10,13,16,28H,11-12,15,17H2,1-3H3,(H,30,33);1-2H3. The molecule has 36 heavy (non-hydrogen) atoms. The number of hydrogen-bond donors (Lipinski definition) is 2. The molecule has 0 saturated carbocycles. The summed E-state index contributed by atoms with van der Waals surface area (Å²) in [7, 11) is 0. The maximum Gasteiger partial charge on any atom is 0.277 e. The van der Waals surface area contributed by atoms with Gasteiger partial charge in [0, 0.05) is 31.0 Å². The van der Waals surface area contributed by atoms with Gasteiger partial charge in [0.05, 0.1) is 29.9 Å². The number of nitrogens with one attached hydrogen (secondary N) is 2. The number of rotatable bonds is 6. The van der Waals surface area contributed by atoms with Crippen molar-refractivity contribution in [2.24, 2.45) is 5.41 Å². The van der Waals surface area contributed by atoms with Crippen molar-refractivity contribution in [3.8, 4) is 6.07 Å². The van der Waals surface area contributed by atoms with Crippen LogP contribution in [0.4, 0.5) is 11.4 Å². The lowest BCUT2D eigenvalue weighted by atomic mass is 9.97. The average Bonchev–Trinajstić information content (AvgIpc) is 3.31. The molecule has 4 rings (SSSR count). The second-order valence-corrected chi connectivity index (χ2v) is 9.56. The van der Waals surface area contributed by atoms with Crippen LogP contribution in [0.2, 0.25) is 0 Å². The first-order valence-corrected chi connectivity index (χ1v) is 12.2. The zero-order chi connectivity index (χ0) is 26.3. The Morgan fingerprint density at radius 1 is 1.11 bits per heavy atom. The van der Waals surface area contributed by atoms with Crippen LogP contribution in [0.1, 0.15) is 66.6 Å². The van der Waals surface area contributed by atoms with Crippen LogP contribution in [0.25, 0.3) is 0 Å². The van der Waals surface area contributed by atoms with Crippen LogP contribution in [0, 0.1) is 16.7 Å². The van der Waals surface area contributed by atoms with E-state index in [1.165, 1.54) is 6.20 Å². The third-order valence-corrected chi connectivity index (χ3v) is 5.55. The monoisotopic (exact) mass is 486 g/mol. The van der Waals surface area contributed by atoms with E-state index in [-0.39, 0.29) is 22.6 Å². The van der Waals surface area contributed by atoms with Gasteiger partial charge < -0.3 is 15.5 Å². The summed E-state index contributed by atoms with van der Waals surface area (Å²) < 4.78 is 1.57. The van der Waals surface area contributed by atoms with E-state index in [4.69, 9.17) is 5.26 Å². The predicted molar refractivity (Wildman–Crippen MR) is 142 cm³/mol. The first-order chi connectivity index (χ1) is 17.2. The van der Waals surface area contributed by atoms with Gasteiger partial charge in [-0.3, -0.25) is 14.3 Å². The summed E-state index contributed by atoms with van der Waals surface area (Å²) >= 11 is 0. The molecule has 8 nitrogen and oxygen atoms in total. The maximum absolute atomic E-state index is 13.4. The molecule has 0 atom stereocenters. The number of fused-ring (bicyclic) bond motifs is 1. The smallest absolute Gasteiger partial charge is 0.277 e. The van der Waals surface area contributed by atoms with Crippen molar-refractivity contribution < 1.29 is 9.59 Å². The molecule has 8 heteroatoms. The van der Waals surface area contributed by atoms with E-state index in [0.717, 1.165) is 24.3 Å². The van der Waals surface area contributed by atoms with E-state index in [0.29, 0.717) is 24.3 Å². The molecular weight excluding hydrogens is 452 g/mol. The lowest BCUT2D eigenvalue weighted by Gasteiger charge is -2.28. The number of carbonyl (C=O) groups is 2. The van der Waals surface area contributed by atoms with Gasteiger partial charge in [-0.1, -0.05) is 52.8 Å². The minimum Gasteiger partial charge on any atom is -0.322 e. The quantitative estimate of drug-likeness (QED) is 0.519. The molecule has 1 aliphatic heterocycles. The molecule has 0 spiro atoms. The Balaban J connectivity index is 0.00000176. The third-order valence-electron chi connectivity index (χ3n) is 5.55. The molecule has 0 aliphatic carbocycles. The van der Waals surface area contributed by atoms with Crippen molar-refractivity contribution >= 4 is 23.2 Å². The Morgan fingerprint density at radius 2 is 1.83 bits per heavy atom. The average molecular weight is 487 g/mol. The molecule has 1 aromatic heterocycles. The van der Waals surface area contributed by atoms with Crippen molar-refractivity contribution in [3.63, 3.8) is 0 Å². The Morgan fingerprint density at radius 3 is 2.50 bits per heavy atom. The van der Waals surface area contributed by atoms with Crippen LogP contribution >= 0.6 is 0 Å². The van der Waals surface area contributed by atoms with Crippen LogP contribution < -0.4 is 15.5 Å². The van der Waals surface area contributed by atoms with Gasteiger partial charge in [0.15, 0.2) is 0 Å². The summed E-state index contributed by atoms with van der Waals surface area (Å²) in [5.41, 5.74) is 3.53. The van der Waals surface area contributed by atoms with Crippen LogP contribution in [0.5, 0.6) is 0 Å². The lowest BCUT2D eigenvalue weighted by Crippen LogP contribution is -2.41. The van der Waals surface area contributed by atoms with Gasteiger partial charge >= 0.3 is 0 Å². The SMILES string of the molecule is CC.CC(C)(C)CNCc1ccc(N2CCn3ncc(C(=O)Nc4cccc(C#N)c4)c3C2=O)cc1. The van der Waals surface area contributed by atoms with E-state index in [2.05, 4.69) is 36.5 Å². The largest absolute Gasteiger partial charge is 0.322 e. The van der Waals surface area contributed by atoms with Crippen molar-refractivity contribution in [2.75, 3.05) is 23.3 Å². The van der Waals surface area contributed by atoms with Gasteiger partial charge in [-0.25, -0.2) is 0 Å². The minimum absolute atomic E-state index is 0.208. The van der Waals surface area contributed by atoms with Gasteiger partial charge in [0.2, 0.25) is 0 Å². The van der Waals surface area contributed by atoms with Gasteiger partial charge in [-0.15, -0.1) is 0 Å². The van der Waals surface area contributed by atoms with Crippen LogP contribution in [-0.2, 0) is 13.1 Å². The molecular formula is C28H34N6O2. The molecule has 0 radical (unpaired) electrons. The van der Waals surface area contributed by atoms with E-state index >= 15 is 0 Å². The van der Waals surface area contributed by atoms with Gasteiger partial charge in [0.1, 0.15) is 5.69 Å². The van der Waals surface area contributed by atoms with Crippen molar-refractivity contribution in [1.29, 1.82) is 5.26 Å². The highest BCUT2D eigenvalue weighted by Crippen LogP contribution is 2.24. The zero-order valence-corrected chi connectivity index (χ0v) is 21.6. The number of nitriles is 1. The number of nitrogens with zero attached hydrogens (tertiary/aromatic N) is 4. The second-order valence-electron chi connectivity index (χ2n) is 9.56. The summed E-state index contributed by atoms with van der Waals surface area (Å²) in [6.07, 6.45) is 1.42. The Labute approximate surface area is 212 Å². The number of aromatic nitrogens is 2. The molecule has 0 fully saturated rings. The number of benzene rings is 2. The topological polar surface area (TPSA) is 103 Å². The van der Waals surface area contributed by atoms with E-state index in [1.807, 2.05) is 44.2 Å². The zero-order valence-electron chi connectivity index (χ0n) is 21.6. The molecule has 1 aliphatic rings. The fourth-order valence-corrected chi connectivity index (χ4v) is 3.86. The van der Waals surface area contributed by atoms with Gasteiger partial charge in [-0.05, 0) is 41.3 Å². The Hall–Kier alpha value is -3.96. The number of carbonyl (C=O) groups excluding carboxylic acids is 2. The molecule has 188 valence electrons. The lowest BCUT2D eigenvalue weighted by molar-refractivity contribution is 0.0947. The Kier molecular flexibility index (Phi) is 8.62. The third kappa shape index (κ3) is 6.37. The fraction of sp³-hybridized carbons (Fsp3) is 0.357. The van der Waals surface area contributed by atoms with Crippen molar-refractivity contribution in [2.45, 2.75) is 47.7 Å². The van der Waals surface area contributed by atoms with E-state index in [9.17, 15) is 9.59 Å². The van der Waals surface area contributed by atoms with Crippen molar-refractivity contribution in [3.05, 3.63) is 77.1 Å². The highest BCUT2D eigenvalue weighted by atomic mass is 16.2. The molecule has 2 N–H and O–H groups in total. The fourth-order valence-electron chi connectivity index (χ4n) is 3.86. The highest BCUT2D eigenvalue weighted by molar-refractivity contribution is 6.15. The van der Waals surface area contributed by atoms with E-state index < -0.39 is 5.91 Å². The summed E-state index contributed by atoms with van der Waals surface area (Å²) in [6.45, 7) is 13.2. The molecule has 2 heterocycles. The molecule has 2 aromatic carbocycles. The first kappa shape index (κ1) is 26.6. The maximum atomic E-state index is 13.4. The Bertz CT molecular complexity index is 1250. The highest BCUT2D eigenvalue weighted by Gasteiger charge is 2.32. The molecule has 0 unspecified atom stereocenters. The molecule has 2 amide bonds. The molecule has 0 saturated heterocycles. The normalized spacial score (nSPS) is 12.8. The van der Waals surface area contributed by atoms with Gasteiger partial charge in [-0.2, -0.15) is 10.4 Å². The minimum atomic E-state index is -0.438. The van der Waals surface area contributed by atoms with Crippen LogP contribution in [0.15, 0.2) is 54.7 Å². The second kappa shape index (κ2) is 11.6. The number of hydrogen-bond acceptors (Lipinski definition) is 5. The number of amides is 2. The first-order valence-electron chi connectivity index (χ1n) is 12.2. The van der Waals surface area contributed by atoms with Crippen LogP contribution in [0.3, 0.4) is 0 Å². The van der Waals surface area contributed by atoms with Crippen molar-refractivity contribution in [1.82, 2.24) is 15.1 Å². The van der Waals surface area contributed by atoms with Gasteiger partial charge in [0.25, 0.3) is 11.8 Å². The predicted octanol–water partition coefficient (Wildman–Crippen LogP) is 4.83. The summed E-state index contributed by atoms with van der Waals surface area (Å²) in [4.78, 5) is 28.0. The summed E-state index contributed by atoms with van der Waals surface area (Å²) in [5, 5.41) is 19.5. The van der Waals surface area contributed by atoms with Crippen LogP contribution in [-0.4, -0.2) is 34.7 Å². The molecule has 0 bridgehead atoms. The summed E-state index contributed by atoms with van der Waals surface area (Å²) in [6, 6.07) is 16.6.